The molecule has 0 radical (unpaired) electrons. The van der Waals surface area contributed by atoms with Crippen molar-refractivity contribution in [3.05, 3.63) is 17.0 Å². The molecule has 3 rings (SSSR count). The molecule has 1 aliphatic carbocycles. The van der Waals surface area contributed by atoms with Crippen LogP contribution in [0.15, 0.2) is 5.16 Å². The third kappa shape index (κ3) is 3.47. The van der Waals surface area contributed by atoms with Gasteiger partial charge in [-0.2, -0.15) is 10.2 Å². The molecule has 2 aromatic heterocycles. The molecule has 132 valence electrons. The normalized spacial score (nSPS) is 16.6. The van der Waals surface area contributed by atoms with Crippen molar-refractivity contribution in [2.24, 2.45) is 0 Å². The number of hydrogen-bond acceptors (Lipinski definition) is 6. The summed E-state index contributed by atoms with van der Waals surface area (Å²) >= 11 is 1.46. The van der Waals surface area contributed by atoms with E-state index in [4.69, 9.17) is 0 Å². The predicted molar refractivity (Wildman–Crippen MR) is 95.3 cm³/mol. The monoisotopic (exact) mass is 358 g/mol. The van der Waals surface area contributed by atoms with E-state index in [0.717, 1.165) is 49.1 Å². The molecule has 0 saturated heterocycles. The highest BCUT2D eigenvalue weighted by Gasteiger charge is 2.33. The van der Waals surface area contributed by atoms with Crippen LogP contribution in [0.4, 0.5) is 0 Å². The van der Waals surface area contributed by atoms with Gasteiger partial charge in [0, 0.05) is 17.0 Å². The topological polar surface area (TPSA) is 96.0 Å². The summed E-state index contributed by atoms with van der Waals surface area (Å²) < 4.78 is 1.68. The largest absolute Gasteiger partial charge is 0.338 e. The maximum atomic E-state index is 12.6. The van der Waals surface area contributed by atoms with Crippen molar-refractivity contribution in [3.63, 3.8) is 0 Å². The number of nitrogens with one attached hydrogen (secondary N) is 1. The highest BCUT2D eigenvalue weighted by molar-refractivity contribution is 7.98. The summed E-state index contributed by atoms with van der Waals surface area (Å²) in [5, 5.41) is 17.6. The van der Waals surface area contributed by atoms with Gasteiger partial charge >= 0.3 is 0 Å². The van der Waals surface area contributed by atoms with E-state index in [1.165, 1.54) is 11.8 Å². The first-order chi connectivity index (χ1) is 12.0. The molecule has 0 unspecified atom stereocenters. The van der Waals surface area contributed by atoms with Crippen molar-refractivity contribution in [3.8, 4) is 6.07 Å². The molecule has 0 atom stereocenters. The van der Waals surface area contributed by atoms with Crippen LogP contribution in [0.5, 0.6) is 0 Å². The van der Waals surface area contributed by atoms with E-state index in [-0.39, 0.29) is 12.3 Å². The van der Waals surface area contributed by atoms with Gasteiger partial charge in [-0.15, -0.1) is 5.10 Å². The number of thioether (sulfide) groups is 1. The third-order valence-electron chi connectivity index (χ3n) is 4.85. The van der Waals surface area contributed by atoms with Gasteiger partial charge in [0.05, 0.1) is 12.5 Å². The Labute approximate surface area is 151 Å². The van der Waals surface area contributed by atoms with Crippen LogP contribution < -0.4 is 5.32 Å². The van der Waals surface area contributed by atoms with Crippen molar-refractivity contribution in [1.82, 2.24) is 24.9 Å². The Hall–Kier alpha value is -2.14. The minimum atomic E-state index is -0.714. The maximum absolute atomic E-state index is 12.6. The molecule has 1 N–H and O–H groups in total. The Bertz CT molecular complexity index is 847. The van der Waals surface area contributed by atoms with E-state index in [2.05, 4.69) is 26.5 Å². The van der Waals surface area contributed by atoms with Crippen molar-refractivity contribution in [2.75, 3.05) is 6.26 Å². The zero-order chi connectivity index (χ0) is 18.0. The number of fused-ring (bicyclic) bond motifs is 1. The molecule has 7 nitrogen and oxygen atoms in total. The number of aromatic nitrogens is 4. The van der Waals surface area contributed by atoms with Crippen molar-refractivity contribution < 1.29 is 4.79 Å². The van der Waals surface area contributed by atoms with Gasteiger partial charge in [0.15, 0.2) is 0 Å². The van der Waals surface area contributed by atoms with E-state index in [0.29, 0.717) is 10.9 Å². The summed E-state index contributed by atoms with van der Waals surface area (Å²) in [7, 11) is 0. The zero-order valence-electron chi connectivity index (χ0n) is 14.8. The van der Waals surface area contributed by atoms with E-state index in [1.54, 1.807) is 4.52 Å². The molecule has 1 aliphatic rings. The molecule has 0 aliphatic heterocycles. The fourth-order valence-electron chi connectivity index (χ4n) is 3.42. The molecule has 0 spiro atoms. The number of amides is 1. The van der Waals surface area contributed by atoms with Crippen LogP contribution in [0, 0.1) is 25.2 Å². The zero-order valence-corrected chi connectivity index (χ0v) is 15.6. The highest BCUT2D eigenvalue weighted by atomic mass is 32.2. The molecule has 8 heteroatoms. The quantitative estimate of drug-likeness (QED) is 0.843. The number of nitrogens with zero attached hydrogens (tertiary/aromatic N) is 5. The van der Waals surface area contributed by atoms with Gasteiger partial charge in [-0.1, -0.05) is 31.0 Å². The van der Waals surface area contributed by atoms with Crippen LogP contribution in [0.1, 0.15) is 49.1 Å². The summed E-state index contributed by atoms with van der Waals surface area (Å²) in [4.78, 5) is 21.4. The summed E-state index contributed by atoms with van der Waals surface area (Å²) in [5.41, 5.74) is 1.76. The second-order valence-corrected chi connectivity index (χ2v) is 7.32. The van der Waals surface area contributed by atoms with Crippen molar-refractivity contribution in [1.29, 1.82) is 5.26 Å². The van der Waals surface area contributed by atoms with Gasteiger partial charge in [0.25, 0.3) is 5.78 Å². The first kappa shape index (κ1) is 17.7. The Morgan fingerprint density at radius 2 is 2.04 bits per heavy atom. The van der Waals surface area contributed by atoms with Crippen LogP contribution in [0.2, 0.25) is 0 Å². The lowest BCUT2D eigenvalue weighted by Gasteiger charge is -2.31. The van der Waals surface area contributed by atoms with Crippen LogP contribution in [-0.2, 0) is 11.2 Å². The fourth-order valence-corrected chi connectivity index (χ4v) is 3.76. The van der Waals surface area contributed by atoms with Gasteiger partial charge < -0.3 is 5.32 Å². The fraction of sp³-hybridized carbons (Fsp3) is 0.588. The van der Waals surface area contributed by atoms with Crippen LogP contribution in [0.25, 0.3) is 5.78 Å². The predicted octanol–water partition coefficient (Wildman–Crippen LogP) is 2.35. The molecule has 0 bridgehead atoms. The maximum Gasteiger partial charge on any atom is 0.253 e. The highest BCUT2D eigenvalue weighted by Crippen LogP contribution is 2.28. The average molecular weight is 358 g/mol. The molecule has 1 saturated carbocycles. The van der Waals surface area contributed by atoms with E-state index in [1.807, 2.05) is 20.1 Å². The number of carbonyl (C=O) groups is 1. The summed E-state index contributed by atoms with van der Waals surface area (Å²) in [6.45, 7) is 3.80. The molecular formula is C17H22N6OS. The molecule has 2 aromatic rings. The first-order valence-corrected chi connectivity index (χ1v) is 9.69. The second-order valence-electron chi connectivity index (χ2n) is 6.55. The minimum Gasteiger partial charge on any atom is -0.338 e. The lowest BCUT2D eigenvalue weighted by atomic mass is 9.82. The minimum absolute atomic E-state index is 0.138. The average Bonchev–Trinajstić information content (AvgIpc) is 3.02. The lowest BCUT2D eigenvalue weighted by Crippen LogP contribution is -2.49. The summed E-state index contributed by atoms with van der Waals surface area (Å²) in [5.74, 6) is 0.408. The van der Waals surface area contributed by atoms with Crippen LogP contribution in [0.3, 0.4) is 0 Å². The van der Waals surface area contributed by atoms with E-state index < -0.39 is 5.54 Å². The number of nitriles is 1. The molecule has 25 heavy (non-hydrogen) atoms. The van der Waals surface area contributed by atoms with Gasteiger partial charge in [-0.3, -0.25) is 4.79 Å². The van der Waals surface area contributed by atoms with Gasteiger partial charge in [-0.25, -0.2) is 9.50 Å². The molecule has 2 heterocycles. The van der Waals surface area contributed by atoms with Crippen molar-refractivity contribution >= 4 is 23.4 Å². The Balaban J connectivity index is 1.84. The van der Waals surface area contributed by atoms with Crippen molar-refractivity contribution in [2.45, 2.75) is 63.1 Å². The molecule has 1 fully saturated rings. The molecular weight excluding hydrogens is 336 g/mol. The summed E-state index contributed by atoms with van der Waals surface area (Å²) in [6.07, 6.45) is 6.65. The number of rotatable bonds is 4. The Morgan fingerprint density at radius 1 is 1.32 bits per heavy atom. The van der Waals surface area contributed by atoms with E-state index >= 15 is 0 Å². The third-order valence-corrected chi connectivity index (χ3v) is 5.39. The van der Waals surface area contributed by atoms with Crippen LogP contribution in [-0.4, -0.2) is 37.3 Å². The second kappa shape index (κ2) is 7.00. The SMILES string of the molecule is CSc1nc2nc(C)c(CC(=O)NC3(C#N)CCCCC3)c(C)n2n1. The standard InChI is InChI=1S/C17H22N6OS/c1-11-13(12(2)23-15(19-11)20-16(22-23)25-3)9-14(24)21-17(10-18)7-5-4-6-8-17/h4-9H2,1-3H3,(H,21,24). The number of carbonyl (C=O) groups excluding carboxylic acids is 1. The van der Waals surface area contributed by atoms with Gasteiger partial charge in [0.1, 0.15) is 5.54 Å². The van der Waals surface area contributed by atoms with Crippen LogP contribution >= 0.6 is 11.8 Å². The summed E-state index contributed by atoms with van der Waals surface area (Å²) in [6, 6.07) is 2.33. The molecule has 1 amide bonds. The Morgan fingerprint density at radius 3 is 2.68 bits per heavy atom. The smallest absolute Gasteiger partial charge is 0.253 e. The Kier molecular flexibility index (Phi) is 4.95. The first-order valence-electron chi connectivity index (χ1n) is 8.47. The van der Waals surface area contributed by atoms with E-state index in [9.17, 15) is 10.1 Å². The number of aryl methyl sites for hydroxylation is 2. The van der Waals surface area contributed by atoms with Gasteiger partial charge in [-0.05, 0) is 32.9 Å². The molecule has 0 aromatic carbocycles. The van der Waals surface area contributed by atoms with Gasteiger partial charge in [0.2, 0.25) is 11.1 Å². The number of hydrogen-bond donors (Lipinski definition) is 1. The lowest BCUT2D eigenvalue weighted by molar-refractivity contribution is -0.122.